The third-order valence-corrected chi connectivity index (χ3v) is 3.02. The second-order valence-electron chi connectivity index (χ2n) is 4.47. The van der Waals surface area contributed by atoms with Crippen molar-refractivity contribution >= 4 is 5.69 Å². The van der Waals surface area contributed by atoms with Crippen molar-refractivity contribution in [3.05, 3.63) is 59.4 Å². The van der Waals surface area contributed by atoms with Crippen LogP contribution in [-0.4, -0.2) is 19.3 Å². The number of aromatic nitrogens is 4. The maximum Gasteiger partial charge on any atom is 0.295 e. The summed E-state index contributed by atoms with van der Waals surface area (Å²) in [6.07, 6.45) is 6.62. The standard InChI is InChI=1S/C14H13N5O/c1-18-6-5-16-13(14(18)20)19-9-11(8-17-19)10-3-2-4-12(15)7-10/h2-9H,15H2,1H3. The van der Waals surface area contributed by atoms with Gasteiger partial charge in [-0.25, -0.2) is 9.67 Å². The van der Waals surface area contributed by atoms with E-state index in [-0.39, 0.29) is 11.4 Å². The Morgan fingerprint density at radius 2 is 2.10 bits per heavy atom. The van der Waals surface area contributed by atoms with Gasteiger partial charge in [-0.05, 0) is 17.7 Å². The molecule has 0 aliphatic heterocycles. The first-order chi connectivity index (χ1) is 9.65. The van der Waals surface area contributed by atoms with Crippen LogP contribution in [0.1, 0.15) is 0 Å². The molecule has 0 atom stereocenters. The first kappa shape index (κ1) is 12.2. The molecule has 0 saturated heterocycles. The quantitative estimate of drug-likeness (QED) is 0.708. The van der Waals surface area contributed by atoms with Crippen LogP contribution in [0, 0.1) is 0 Å². The van der Waals surface area contributed by atoms with Gasteiger partial charge in [0.2, 0.25) is 5.82 Å². The van der Waals surface area contributed by atoms with Crippen molar-refractivity contribution in [1.29, 1.82) is 0 Å². The lowest BCUT2D eigenvalue weighted by atomic mass is 10.1. The fraction of sp³-hybridized carbons (Fsp3) is 0.0714. The monoisotopic (exact) mass is 267 g/mol. The van der Waals surface area contributed by atoms with E-state index >= 15 is 0 Å². The highest BCUT2D eigenvalue weighted by Gasteiger charge is 2.08. The Balaban J connectivity index is 2.07. The summed E-state index contributed by atoms with van der Waals surface area (Å²) in [5.41, 5.74) is 8.08. The lowest BCUT2D eigenvalue weighted by Gasteiger charge is -2.01. The number of anilines is 1. The van der Waals surface area contributed by atoms with Crippen LogP contribution in [0.4, 0.5) is 5.69 Å². The second kappa shape index (κ2) is 4.65. The van der Waals surface area contributed by atoms with Crippen molar-refractivity contribution in [2.24, 2.45) is 7.05 Å². The van der Waals surface area contributed by atoms with E-state index in [0.717, 1.165) is 11.1 Å². The molecule has 2 heterocycles. The average molecular weight is 267 g/mol. The molecule has 2 aromatic heterocycles. The summed E-state index contributed by atoms with van der Waals surface area (Å²) in [5, 5.41) is 4.19. The van der Waals surface area contributed by atoms with Crippen molar-refractivity contribution in [1.82, 2.24) is 19.3 Å². The molecule has 3 rings (SSSR count). The average Bonchev–Trinajstić information content (AvgIpc) is 2.91. The van der Waals surface area contributed by atoms with E-state index in [1.165, 1.54) is 9.25 Å². The second-order valence-corrected chi connectivity index (χ2v) is 4.47. The Bertz CT molecular complexity index is 818. The third kappa shape index (κ3) is 2.07. The fourth-order valence-electron chi connectivity index (χ4n) is 1.95. The maximum atomic E-state index is 12.0. The van der Waals surface area contributed by atoms with Crippen LogP contribution in [0.15, 0.2) is 53.8 Å². The summed E-state index contributed by atoms with van der Waals surface area (Å²) >= 11 is 0. The summed E-state index contributed by atoms with van der Waals surface area (Å²) in [7, 11) is 1.68. The zero-order chi connectivity index (χ0) is 14.1. The smallest absolute Gasteiger partial charge is 0.295 e. The minimum Gasteiger partial charge on any atom is -0.399 e. The molecular formula is C14H13N5O. The zero-order valence-corrected chi connectivity index (χ0v) is 10.9. The number of hydrogen-bond donors (Lipinski definition) is 1. The molecule has 0 aliphatic carbocycles. The van der Waals surface area contributed by atoms with Crippen molar-refractivity contribution in [3.63, 3.8) is 0 Å². The lowest BCUT2D eigenvalue weighted by molar-refractivity contribution is 0.766. The van der Waals surface area contributed by atoms with E-state index in [0.29, 0.717) is 5.69 Å². The third-order valence-electron chi connectivity index (χ3n) is 3.02. The summed E-state index contributed by atoms with van der Waals surface area (Å²) < 4.78 is 2.94. The number of nitrogens with zero attached hydrogens (tertiary/aromatic N) is 4. The molecule has 0 saturated carbocycles. The number of nitrogen functional groups attached to an aromatic ring is 1. The Labute approximate surface area is 115 Å². The Hall–Kier alpha value is -2.89. The van der Waals surface area contributed by atoms with E-state index in [1.54, 1.807) is 31.8 Å². The largest absolute Gasteiger partial charge is 0.399 e. The van der Waals surface area contributed by atoms with E-state index in [9.17, 15) is 4.79 Å². The summed E-state index contributed by atoms with van der Waals surface area (Å²) in [6.45, 7) is 0. The maximum absolute atomic E-state index is 12.0. The van der Waals surface area contributed by atoms with Gasteiger partial charge < -0.3 is 10.3 Å². The molecule has 2 N–H and O–H groups in total. The summed E-state index contributed by atoms with van der Waals surface area (Å²) in [4.78, 5) is 16.1. The van der Waals surface area contributed by atoms with Gasteiger partial charge in [0.25, 0.3) is 5.56 Å². The Morgan fingerprint density at radius 1 is 1.25 bits per heavy atom. The van der Waals surface area contributed by atoms with Gasteiger partial charge in [-0.1, -0.05) is 12.1 Å². The molecule has 1 aromatic carbocycles. The van der Waals surface area contributed by atoms with Gasteiger partial charge in [0.05, 0.1) is 6.20 Å². The highest BCUT2D eigenvalue weighted by atomic mass is 16.1. The first-order valence-corrected chi connectivity index (χ1v) is 6.08. The van der Waals surface area contributed by atoms with Crippen LogP contribution >= 0.6 is 0 Å². The van der Waals surface area contributed by atoms with Gasteiger partial charge in [0.15, 0.2) is 0 Å². The number of aryl methyl sites for hydroxylation is 1. The van der Waals surface area contributed by atoms with Crippen LogP contribution in [0.5, 0.6) is 0 Å². The van der Waals surface area contributed by atoms with Crippen molar-refractivity contribution < 1.29 is 0 Å². The van der Waals surface area contributed by atoms with E-state index < -0.39 is 0 Å². The Kier molecular flexibility index (Phi) is 2.83. The molecule has 6 nitrogen and oxygen atoms in total. The number of rotatable bonds is 2. The van der Waals surface area contributed by atoms with Gasteiger partial charge in [-0.3, -0.25) is 4.79 Å². The van der Waals surface area contributed by atoms with Gasteiger partial charge >= 0.3 is 0 Å². The number of hydrogen-bond acceptors (Lipinski definition) is 4. The fourth-order valence-corrected chi connectivity index (χ4v) is 1.95. The molecule has 0 bridgehead atoms. The van der Waals surface area contributed by atoms with Gasteiger partial charge in [-0.2, -0.15) is 5.10 Å². The molecule has 20 heavy (non-hydrogen) atoms. The van der Waals surface area contributed by atoms with E-state index in [2.05, 4.69) is 10.1 Å². The van der Waals surface area contributed by atoms with Gasteiger partial charge in [0.1, 0.15) is 0 Å². The minimum absolute atomic E-state index is 0.199. The molecule has 0 amide bonds. The number of nitrogens with two attached hydrogens (primary N) is 1. The first-order valence-electron chi connectivity index (χ1n) is 6.08. The van der Waals surface area contributed by atoms with Gasteiger partial charge in [-0.15, -0.1) is 0 Å². The predicted octanol–water partition coefficient (Wildman–Crippen LogP) is 1.22. The molecule has 0 fully saturated rings. The SMILES string of the molecule is Cn1ccnc(-n2cc(-c3cccc(N)c3)cn2)c1=O. The molecule has 100 valence electrons. The Morgan fingerprint density at radius 3 is 2.90 bits per heavy atom. The summed E-state index contributed by atoms with van der Waals surface area (Å²) in [6, 6.07) is 7.50. The highest BCUT2D eigenvalue weighted by Crippen LogP contribution is 2.21. The van der Waals surface area contributed by atoms with E-state index in [4.69, 9.17) is 5.73 Å². The molecule has 0 unspecified atom stereocenters. The van der Waals surface area contributed by atoms with Crippen molar-refractivity contribution in [2.75, 3.05) is 5.73 Å². The minimum atomic E-state index is -0.199. The highest BCUT2D eigenvalue weighted by molar-refractivity contribution is 5.66. The molecule has 6 heteroatoms. The molecule has 3 aromatic rings. The van der Waals surface area contributed by atoms with Crippen LogP contribution in [-0.2, 0) is 7.05 Å². The van der Waals surface area contributed by atoms with Crippen LogP contribution < -0.4 is 11.3 Å². The summed E-state index contributed by atoms with van der Waals surface area (Å²) in [5.74, 6) is 0.269. The van der Waals surface area contributed by atoms with Crippen molar-refractivity contribution in [3.8, 4) is 16.9 Å². The van der Waals surface area contributed by atoms with Crippen LogP contribution in [0.2, 0.25) is 0 Å². The predicted molar refractivity (Wildman–Crippen MR) is 76.4 cm³/mol. The van der Waals surface area contributed by atoms with Crippen LogP contribution in [0.25, 0.3) is 16.9 Å². The molecule has 0 spiro atoms. The molecule has 0 aliphatic rings. The lowest BCUT2D eigenvalue weighted by Crippen LogP contribution is -2.23. The van der Waals surface area contributed by atoms with Gasteiger partial charge in [0, 0.05) is 36.9 Å². The molecule has 0 radical (unpaired) electrons. The normalized spacial score (nSPS) is 10.7. The zero-order valence-electron chi connectivity index (χ0n) is 10.9. The van der Waals surface area contributed by atoms with Crippen LogP contribution in [0.3, 0.4) is 0 Å². The number of benzene rings is 1. The van der Waals surface area contributed by atoms with E-state index in [1.807, 2.05) is 24.3 Å². The van der Waals surface area contributed by atoms with Crippen molar-refractivity contribution in [2.45, 2.75) is 0 Å². The topological polar surface area (TPSA) is 78.7 Å². The molecular weight excluding hydrogens is 254 g/mol.